The monoisotopic (exact) mass is 293 g/mol. The number of benzene rings is 1. The van der Waals surface area contributed by atoms with Gasteiger partial charge in [-0.15, -0.1) is 0 Å². The molecular formula is C16H24ClN3. The number of nitrogens with one attached hydrogen (secondary N) is 2. The average Bonchev–Trinajstić information content (AvgIpc) is 3.20. The Kier molecular flexibility index (Phi) is 4.92. The number of hydrogen-bond donors (Lipinski definition) is 2. The first-order valence-electron chi connectivity index (χ1n) is 7.32. The normalized spacial score (nSPS) is 16.1. The van der Waals surface area contributed by atoms with Crippen LogP contribution in [0.15, 0.2) is 29.3 Å². The second kappa shape index (κ2) is 6.49. The predicted molar refractivity (Wildman–Crippen MR) is 86.6 cm³/mol. The van der Waals surface area contributed by atoms with Crippen LogP contribution in [0, 0.1) is 0 Å². The van der Waals surface area contributed by atoms with E-state index in [0.29, 0.717) is 6.04 Å². The molecule has 0 aliphatic heterocycles. The van der Waals surface area contributed by atoms with E-state index < -0.39 is 0 Å². The highest BCUT2D eigenvalue weighted by Crippen LogP contribution is 2.26. The van der Waals surface area contributed by atoms with Crippen molar-refractivity contribution in [3.05, 3.63) is 34.9 Å². The van der Waals surface area contributed by atoms with Crippen molar-refractivity contribution in [2.45, 2.75) is 45.1 Å². The van der Waals surface area contributed by atoms with Gasteiger partial charge < -0.3 is 10.6 Å². The van der Waals surface area contributed by atoms with Crippen LogP contribution >= 0.6 is 11.6 Å². The van der Waals surface area contributed by atoms with E-state index in [9.17, 15) is 0 Å². The molecule has 1 aliphatic carbocycles. The molecule has 0 atom stereocenters. The third kappa shape index (κ3) is 4.41. The number of rotatable bonds is 5. The van der Waals surface area contributed by atoms with Gasteiger partial charge in [0.05, 0.1) is 6.54 Å². The summed E-state index contributed by atoms with van der Waals surface area (Å²) in [5.74, 6) is 0.921. The summed E-state index contributed by atoms with van der Waals surface area (Å²) in [7, 11) is 0. The summed E-state index contributed by atoms with van der Waals surface area (Å²) in [6, 6.07) is 8.66. The molecule has 1 aromatic rings. The zero-order valence-electron chi connectivity index (χ0n) is 12.5. The Hall–Kier alpha value is -1.22. The zero-order chi connectivity index (χ0) is 14.6. The van der Waals surface area contributed by atoms with Gasteiger partial charge in [0, 0.05) is 23.0 Å². The van der Waals surface area contributed by atoms with Crippen LogP contribution in [0.25, 0.3) is 0 Å². The van der Waals surface area contributed by atoms with Crippen LogP contribution in [0.5, 0.6) is 0 Å². The molecule has 1 fully saturated rings. The average molecular weight is 294 g/mol. The lowest BCUT2D eigenvalue weighted by Gasteiger charge is -2.24. The van der Waals surface area contributed by atoms with E-state index in [1.165, 1.54) is 18.4 Å². The molecule has 1 saturated carbocycles. The van der Waals surface area contributed by atoms with Crippen LogP contribution in [-0.2, 0) is 5.41 Å². The SMILES string of the molecule is CCNC(=NCC(C)(C)c1cccc(Cl)c1)NC1CC1. The third-order valence-electron chi connectivity index (χ3n) is 3.50. The Bertz CT molecular complexity index is 478. The summed E-state index contributed by atoms with van der Waals surface area (Å²) < 4.78 is 0. The first kappa shape index (κ1) is 15.2. The minimum Gasteiger partial charge on any atom is -0.357 e. The van der Waals surface area contributed by atoms with Crippen LogP contribution in [0.1, 0.15) is 39.2 Å². The molecule has 1 aliphatic rings. The summed E-state index contributed by atoms with van der Waals surface area (Å²) in [6.45, 7) is 8.10. The highest BCUT2D eigenvalue weighted by Gasteiger charge is 2.24. The van der Waals surface area contributed by atoms with Gasteiger partial charge in [-0.3, -0.25) is 4.99 Å². The van der Waals surface area contributed by atoms with E-state index in [4.69, 9.17) is 16.6 Å². The Balaban J connectivity index is 2.05. The molecule has 4 heteroatoms. The maximum Gasteiger partial charge on any atom is 0.191 e. The summed E-state index contributed by atoms with van der Waals surface area (Å²) in [5.41, 5.74) is 1.19. The number of hydrogen-bond acceptors (Lipinski definition) is 1. The van der Waals surface area contributed by atoms with Gasteiger partial charge >= 0.3 is 0 Å². The Morgan fingerprint density at radius 1 is 1.40 bits per heavy atom. The van der Waals surface area contributed by atoms with Gasteiger partial charge in [-0.1, -0.05) is 37.6 Å². The molecule has 2 rings (SSSR count). The second-order valence-corrected chi connectivity index (χ2v) is 6.44. The summed E-state index contributed by atoms with van der Waals surface area (Å²) >= 11 is 6.08. The fourth-order valence-electron chi connectivity index (χ4n) is 2.02. The summed E-state index contributed by atoms with van der Waals surface area (Å²) in [6.07, 6.45) is 2.50. The van der Waals surface area contributed by atoms with Crippen LogP contribution in [0.2, 0.25) is 5.02 Å². The second-order valence-electron chi connectivity index (χ2n) is 6.01. The van der Waals surface area contributed by atoms with E-state index >= 15 is 0 Å². The third-order valence-corrected chi connectivity index (χ3v) is 3.74. The largest absolute Gasteiger partial charge is 0.357 e. The quantitative estimate of drug-likeness (QED) is 0.645. The Morgan fingerprint density at radius 3 is 2.75 bits per heavy atom. The smallest absolute Gasteiger partial charge is 0.191 e. The molecule has 0 bridgehead atoms. The lowest BCUT2D eigenvalue weighted by atomic mass is 9.85. The van der Waals surface area contributed by atoms with Gasteiger partial charge in [-0.2, -0.15) is 0 Å². The lowest BCUT2D eigenvalue weighted by Crippen LogP contribution is -2.39. The molecule has 3 nitrogen and oxygen atoms in total. The molecule has 0 radical (unpaired) electrons. The van der Waals surface area contributed by atoms with Crippen molar-refractivity contribution in [1.29, 1.82) is 0 Å². The van der Waals surface area contributed by atoms with E-state index in [-0.39, 0.29) is 5.41 Å². The molecule has 0 aromatic heterocycles. The number of nitrogens with zero attached hydrogens (tertiary/aromatic N) is 1. The minimum atomic E-state index is -0.0310. The fourth-order valence-corrected chi connectivity index (χ4v) is 2.21. The summed E-state index contributed by atoms with van der Waals surface area (Å²) in [4.78, 5) is 4.72. The van der Waals surface area contributed by atoms with Crippen molar-refractivity contribution in [2.75, 3.05) is 13.1 Å². The molecule has 0 spiro atoms. The molecule has 2 N–H and O–H groups in total. The molecule has 0 unspecified atom stereocenters. The lowest BCUT2D eigenvalue weighted by molar-refractivity contribution is 0.537. The summed E-state index contributed by atoms with van der Waals surface area (Å²) in [5, 5.41) is 7.52. The molecule has 0 heterocycles. The van der Waals surface area contributed by atoms with Crippen molar-refractivity contribution in [1.82, 2.24) is 10.6 Å². The van der Waals surface area contributed by atoms with Gasteiger partial charge in [-0.25, -0.2) is 0 Å². The number of guanidine groups is 1. The highest BCUT2D eigenvalue weighted by molar-refractivity contribution is 6.30. The van der Waals surface area contributed by atoms with Crippen LogP contribution in [0.3, 0.4) is 0 Å². The van der Waals surface area contributed by atoms with Crippen LogP contribution in [-0.4, -0.2) is 25.1 Å². The molecule has 1 aromatic carbocycles. The van der Waals surface area contributed by atoms with E-state index in [0.717, 1.165) is 24.1 Å². The van der Waals surface area contributed by atoms with Crippen LogP contribution < -0.4 is 10.6 Å². The first-order chi connectivity index (χ1) is 9.51. The highest BCUT2D eigenvalue weighted by atomic mass is 35.5. The minimum absolute atomic E-state index is 0.0310. The standard InChI is InChI=1S/C16H24ClN3/c1-4-18-15(20-14-8-9-14)19-11-16(2,3)12-6-5-7-13(17)10-12/h5-7,10,14H,4,8-9,11H2,1-3H3,(H2,18,19,20). The van der Waals surface area contributed by atoms with E-state index in [1.807, 2.05) is 18.2 Å². The number of aliphatic imine (C=N–C) groups is 1. The molecular weight excluding hydrogens is 270 g/mol. The van der Waals surface area contributed by atoms with Crippen molar-refractivity contribution < 1.29 is 0 Å². The van der Waals surface area contributed by atoms with Gasteiger partial charge in [0.15, 0.2) is 5.96 Å². The van der Waals surface area contributed by atoms with Gasteiger partial charge in [-0.05, 0) is 37.5 Å². The van der Waals surface area contributed by atoms with Crippen molar-refractivity contribution in [2.24, 2.45) is 4.99 Å². The topological polar surface area (TPSA) is 36.4 Å². The maximum absolute atomic E-state index is 6.08. The number of halogens is 1. The van der Waals surface area contributed by atoms with Crippen molar-refractivity contribution in [3.63, 3.8) is 0 Å². The fraction of sp³-hybridized carbons (Fsp3) is 0.562. The van der Waals surface area contributed by atoms with Gasteiger partial charge in [0.2, 0.25) is 0 Å². The predicted octanol–water partition coefficient (Wildman–Crippen LogP) is 3.34. The van der Waals surface area contributed by atoms with E-state index in [1.54, 1.807) is 0 Å². The molecule has 110 valence electrons. The van der Waals surface area contributed by atoms with Crippen molar-refractivity contribution in [3.8, 4) is 0 Å². The molecule has 0 saturated heterocycles. The Morgan fingerprint density at radius 2 is 2.15 bits per heavy atom. The molecule has 0 amide bonds. The van der Waals surface area contributed by atoms with Gasteiger partial charge in [0.25, 0.3) is 0 Å². The van der Waals surface area contributed by atoms with Gasteiger partial charge in [0.1, 0.15) is 0 Å². The molecule has 20 heavy (non-hydrogen) atoms. The van der Waals surface area contributed by atoms with E-state index in [2.05, 4.69) is 37.5 Å². The van der Waals surface area contributed by atoms with Crippen molar-refractivity contribution >= 4 is 17.6 Å². The maximum atomic E-state index is 6.08. The Labute approximate surface area is 126 Å². The first-order valence-corrected chi connectivity index (χ1v) is 7.70. The van der Waals surface area contributed by atoms with Crippen LogP contribution in [0.4, 0.5) is 0 Å². The zero-order valence-corrected chi connectivity index (χ0v) is 13.3.